The Morgan fingerprint density at radius 3 is 2.66 bits per heavy atom. The Balaban J connectivity index is 1.78. The number of pyridine rings is 1. The van der Waals surface area contributed by atoms with Crippen LogP contribution >= 0.6 is 0 Å². The molecule has 0 unspecified atom stereocenters. The summed E-state index contributed by atoms with van der Waals surface area (Å²) in [5, 5.41) is 0.508. The van der Waals surface area contributed by atoms with Gasteiger partial charge in [-0.05, 0) is 62.6 Å². The molecule has 0 aliphatic carbocycles. The fourth-order valence-corrected chi connectivity index (χ4v) is 5.96. The minimum Gasteiger partial charge on any atom is -0.496 e. The number of nitrogens with zero attached hydrogens (tertiary/aromatic N) is 1. The second kappa shape index (κ2) is 8.30. The number of carbonyl (C=O) groups is 1. The molecular weight excluding hydrogens is 426 g/mol. The summed E-state index contributed by atoms with van der Waals surface area (Å²) in [5.74, 6) is -0.524. The van der Waals surface area contributed by atoms with E-state index in [0.717, 1.165) is 11.3 Å². The number of rotatable bonds is 6. The zero-order valence-electron chi connectivity index (χ0n) is 18.7. The zero-order chi connectivity index (χ0) is 23.1. The lowest BCUT2D eigenvalue weighted by Gasteiger charge is -2.29. The number of sulfone groups is 1. The number of carbonyl (C=O) groups excluding carboxylic acids is 1. The molecule has 168 valence electrons. The molecular formula is C25H27NO5S. The summed E-state index contributed by atoms with van der Waals surface area (Å²) in [7, 11) is -2.41. The van der Waals surface area contributed by atoms with E-state index >= 15 is 0 Å². The second-order valence-corrected chi connectivity index (χ2v) is 10.6. The molecule has 0 amide bonds. The van der Waals surface area contributed by atoms with Gasteiger partial charge in [0.2, 0.25) is 0 Å². The summed E-state index contributed by atoms with van der Waals surface area (Å²) in [4.78, 5) is 18.2. The van der Waals surface area contributed by atoms with Crippen molar-refractivity contribution in [2.24, 2.45) is 5.92 Å². The van der Waals surface area contributed by atoms with Crippen LogP contribution in [0.1, 0.15) is 30.2 Å². The molecule has 0 bridgehead atoms. The lowest BCUT2D eigenvalue weighted by atomic mass is 9.83. The number of hydrogen-bond acceptors (Lipinski definition) is 6. The Bertz CT molecular complexity index is 1300. The number of fused-ring (bicyclic) bond motifs is 1. The van der Waals surface area contributed by atoms with Crippen molar-refractivity contribution >= 4 is 26.5 Å². The number of ether oxygens (including phenoxy) is 2. The van der Waals surface area contributed by atoms with Crippen LogP contribution in [0.3, 0.4) is 0 Å². The van der Waals surface area contributed by atoms with Crippen molar-refractivity contribution in [1.29, 1.82) is 0 Å². The van der Waals surface area contributed by atoms with Gasteiger partial charge in [-0.1, -0.05) is 24.6 Å². The second-order valence-electron chi connectivity index (χ2n) is 8.61. The van der Waals surface area contributed by atoms with Gasteiger partial charge in [0.15, 0.2) is 21.2 Å². The van der Waals surface area contributed by atoms with Gasteiger partial charge >= 0.3 is 0 Å². The van der Waals surface area contributed by atoms with Crippen molar-refractivity contribution in [3.05, 3.63) is 65.4 Å². The molecule has 3 aromatic rings. The molecule has 2 aromatic carbocycles. The molecule has 1 aliphatic rings. The van der Waals surface area contributed by atoms with Crippen LogP contribution in [0.15, 0.2) is 53.4 Å². The van der Waals surface area contributed by atoms with E-state index in [4.69, 9.17) is 9.47 Å². The predicted molar refractivity (Wildman–Crippen MR) is 123 cm³/mol. The monoisotopic (exact) mass is 453 g/mol. The number of benzene rings is 2. The van der Waals surface area contributed by atoms with E-state index in [1.807, 2.05) is 32.9 Å². The summed E-state index contributed by atoms with van der Waals surface area (Å²) in [6, 6.07) is 14.0. The molecule has 2 atom stereocenters. The molecule has 1 aromatic heterocycles. The standard InChI is InChI=1S/C25H27NO5S/c1-16-8-11-22(30-4)20(12-16)25(13-17(2)14-31-25)24(27)15-32(28,29)23-7-5-6-21-19(23)10-9-18(3)26-21/h5-12,17H,13-15H2,1-4H3/t17-,25+/m0/s1. The molecule has 2 heterocycles. The van der Waals surface area contributed by atoms with Crippen LogP contribution < -0.4 is 4.74 Å². The van der Waals surface area contributed by atoms with Crippen molar-refractivity contribution in [2.45, 2.75) is 37.7 Å². The summed E-state index contributed by atoms with van der Waals surface area (Å²) in [6.07, 6.45) is 0.400. The molecule has 0 radical (unpaired) electrons. The van der Waals surface area contributed by atoms with Gasteiger partial charge in [-0.25, -0.2) is 8.42 Å². The maximum Gasteiger partial charge on any atom is 0.186 e. The van der Waals surface area contributed by atoms with Gasteiger partial charge < -0.3 is 9.47 Å². The Morgan fingerprint density at radius 2 is 1.97 bits per heavy atom. The summed E-state index contributed by atoms with van der Waals surface area (Å²) in [6.45, 7) is 6.13. The normalized spacial score (nSPS) is 21.1. The molecule has 0 N–H and O–H groups in total. The number of aromatic nitrogens is 1. The first kappa shape index (κ1) is 22.4. The van der Waals surface area contributed by atoms with E-state index in [2.05, 4.69) is 4.98 Å². The average molecular weight is 454 g/mol. The van der Waals surface area contributed by atoms with Crippen LogP contribution in [0.25, 0.3) is 10.9 Å². The SMILES string of the molecule is COc1ccc(C)cc1[C@@]1(C(=O)CS(=O)(=O)c2cccc3nc(C)ccc23)C[C@H](C)CO1. The van der Waals surface area contributed by atoms with Gasteiger partial charge in [-0.2, -0.15) is 0 Å². The van der Waals surface area contributed by atoms with Crippen molar-refractivity contribution in [3.8, 4) is 5.75 Å². The molecule has 6 nitrogen and oxygen atoms in total. The predicted octanol–water partition coefficient (Wildman–Crippen LogP) is 4.15. The van der Waals surface area contributed by atoms with Crippen molar-refractivity contribution in [2.75, 3.05) is 19.5 Å². The third kappa shape index (κ3) is 3.91. The van der Waals surface area contributed by atoms with Gasteiger partial charge in [0.05, 0.1) is 24.1 Å². The van der Waals surface area contributed by atoms with Crippen LogP contribution in [0.2, 0.25) is 0 Å². The van der Waals surface area contributed by atoms with E-state index in [1.165, 1.54) is 13.2 Å². The Kier molecular flexibility index (Phi) is 5.81. The number of hydrogen-bond donors (Lipinski definition) is 0. The topological polar surface area (TPSA) is 82.6 Å². The van der Waals surface area contributed by atoms with Crippen LogP contribution in [0.5, 0.6) is 5.75 Å². The average Bonchev–Trinajstić information content (AvgIpc) is 3.15. The Morgan fingerprint density at radius 1 is 1.19 bits per heavy atom. The Hall–Kier alpha value is -2.77. The number of aryl methyl sites for hydroxylation is 2. The quantitative estimate of drug-likeness (QED) is 0.558. The fourth-order valence-electron chi connectivity index (χ4n) is 4.43. The number of Topliss-reactive ketones (excluding diaryl/α,β-unsaturated/α-hetero) is 1. The van der Waals surface area contributed by atoms with Crippen LogP contribution in [-0.2, 0) is 25.0 Å². The first-order valence-electron chi connectivity index (χ1n) is 10.6. The zero-order valence-corrected chi connectivity index (χ0v) is 19.5. The fraction of sp³-hybridized carbons (Fsp3) is 0.360. The maximum atomic E-state index is 13.7. The van der Waals surface area contributed by atoms with E-state index < -0.39 is 27.0 Å². The van der Waals surface area contributed by atoms with Gasteiger partial charge in [0, 0.05) is 16.6 Å². The van der Waals surface area contributed by atoms with E-state index in [9.17, 15) is 13.2 Å². The van der Waals surface area contributed by atoms with Gasteiger partial charge in [0.1, 0.15) is 11.5 Å². The van der Waals surface area contributed by atoms with Gasteiger partial charge in [0.25, 0.3) is 0 Å². The van der Waals surface area contributed by atoms with E-state index in [0.29, 0.717) is 35.2 Å². The number of ketones is 1. The van der Waals surface area contributed by atoms with Gasteiger partial charge in [-0.3, -0.25) is 9.78 Å². The van der Waals surface area contributed by atoms with Crippen LogP contribution in [0, 0.1) is 19.8 Å². The third-order valence-corrected chi connectivity index (χ3v) is 7.65. The van der Waals surface area contributed by atoms with Crippen LogP contribution in [-0.4, -0.2) is 38.7 Å². The first-order valence-corrected chi connectivity index (χ1v) is 12.2. The molecule has 4 rings (SSSR count). The van der Waals surface area contributed by atoms with Crippen molar-refractivity contribution in [1.82, 2.24) is 4.98 Å². The minimum atomic E-state index is -3.94. The highest BCUT2D eigenvalue weighted by Gasteiger charge is 2.49. The van der Waals surface area contributed by atoms with E-state index in [1.54, 1.807) is 30.3 Å². The minimum absolute atomic E-state index is 0.105. The van der Waals surface area contributed by atoms with Gasteiger partial charge in [-0.15, -0.1) is 0 Å². The highest BCUT2D eigenvalue weighted by Crippen LogP contribution is 2.44. The van der Waals surface area contributed by atoms with E-state index in [-0.39, 0.29) is 10.8 Å². The molecule has 0 spiro atoms. The summed E-state index contributed by atoms with van der Waals surface area (Å²) < 4.78 is 38.5. The molecule has 7 heteroatoms. The van der Waals surface area contributed by atoms with Crippen LogP contribution in [0.4, 0.5) is 0 Å². The molecule has 0 saturated carbocycles. The highest BCUT2D eigenvalue weighted by molar-refractivity contribution is 7.92. The third-order valence-electron chi connectivity index (χ3n) is 5.98. The molecule has 32 heavy (non-hydrogen) atoms. The molecule has 1 saturated heterocycles. The van der Waals surface area contributed by atoms with Crippen molar-refractivity contribution in [3.63, 3.8) is 0 Å². The first-order chi connectivity index (χ1) is 15.2. The number of methoxy groups -OCH3 is 1. The summed E-state index contributed by atoms with van der Waals surface area (Å²) >= 11 is 0. The largest absolute Gasteiger partial charge is 0.496 e. The smallest absolute Gasteiger partial charge is 0.186 e. The highest BCUT2D eigenvalue weighted by atomic mass is 32.2. The maximum absolute atomic E-state index is 13.7. The Labute approximate surface area is 188 Å². The summed E-state index contributed by atoms with van der Waals surface area (Å²) in [5.41, 5.74) is 1.54. The molecule has 1 aliphatic heterocycles. The van der Waals surface area contributed by atoms with Crippen molar-refractivity contribution < 1.29 is 22.7 Å². The lowest BCUT2D eigenvalue weighted by Crippen LogP contribution is -2.40. The lowest BCUT2D eigenvalue weighted by molar-refractivity contribution is -0.137. The molecule has 1 fully saturated rings.